The van der Waals surface area contributed by atoms with Gasteiger partial charge in [-0.1, -0.05) is 12.1 Å². The van der Waals surface area contributed by atoms with E-state index in [-0.39, 0.29) is 52.2 Å². The number of aliphatic hydroxyl groups excluding tert-OH is 1. The predicted octanol–water partition coefficient (Wildman–Crippen LogP) is 5.90. The lowest BCUT2D eigenvalue weighted by molar-refractivity contribution is -0.141. The number of anilines is 3. The molecule has 5 N–H and O–H groups in total. The number of alkyl halides is 6. The van der Waals surface area contributed by atoms with Crippen LogP contribution in [0, 0.1) is 6.92 Å². The number of carboxylic acid groups (broad SMARTS) is 2. The van der Waals surface area contributed by atoms with Crippen molar-refractivity contribution >= 4 is 29.4 Å². The van der Waals surface area contributed by atoms with Gasteiger partial charge in [-0.2, -0.15) is 26.3 Å². The molecular weight excluding hydrogens is 614 g/mol. The molecule has 0 aliphatic rings. The number of hydrogen-bond donors (Lipinski definition) is 5. The summed E-state index contributed by atoms with van der Waals surface area (Å²) >= 11 is 0. The zero-order chi connectivity index (χ0) is 33.5. The highest BCUT2D eigenvalue weighted by atomic mass is 19.4. The molecule has 0 saturated heterocycles. The fourth-order valence-corrected chi connectivity index (χ4v) is 3.59. The molecule has 0 spiro atoms. The monoisotopic (exact) mass is 638 g/mol. The first-order valence-electron chi connectivity index (χ1n) is 12.7. The molecule has 0 aliphatic heterocycles. The fourth-order valence-electron chi connectivity index (χ4n) is 3.59. The number of nitrogens with one attached hydrogen (secondary N) is 2. The zero-order valence-corrected chi connectivity index (χ0v) is 23.3. The normalized spacial score (nSPS) is 12.0. The number of benzene rings is 1. The molecule has 0 bridgehead atoms. The predicted molar refractivity (Wildman–Crippen MR) is 148 cm³/mol. The van der Waals surface area contributed by atoms with Crippen LogP contribution in [0.5, 0.6) is 0 Å². The third-order valence-corrected chi connectivity index (χ3v) is 5.71. The molecule has 0 radical (unpaired) electrons. The molecule has 0 saturated carbocycles. The molecule has 0 amide bonds. The van der Waals surface area contributed by atoms with Crippen LogP contribution in [0.25, 0.3) is 11.5 Å². The first-order valence-corrected chi connectivity index (χ1v) is 12.7. The summed E-state index contributed by atoms with van der Waals surface area (Å²) in [6.07, 6.45) is -9.11. The summed E-state index contributed by atoms with van der Waals surface area (Å²) in [5.41, 5.74) is -1.98. The highest BCUT2D eigenvalue weighted by molar-refractivity contribution is 5.96. The van der Waals surface area contributed by atoms with E-state index in [1.54, 1.807) is 0 Å². The van der Waals surface area contributed by atoms with Crippen molar-refractivity contribution in [2.45, 2.75) is 32.3 Å². The van der Waals surface area contributed by atoms with Crippen LogP contribution in [0.1, 0.15) is 44.5 Å². The van der Waals surface area contributed by atoms with E-state index in [9.17, 15) is 41.0 Å². The number of aromatic carboxylic acids is 2. The van der Waals surface area contributed by atoms with Crippen LogP contribution >= 0.6 is 0 Å². The van der Waals surface area contributed by atoms with E-state index in [0.717, 1.165) is 30.5 Å². The van der Waals surface area contributed by atoms with E-state index < -0.39 is 41.7 Å². The lowest BCUT2D eigenvalue weighted by Crippen LogP contribution is -2.17. The number of rotatable bonds is 8. The third kappa shape index (κ3) is 9.59. The summed E-state index contributed by atoms with van der Waals surface area (Å²) < 4.78 is 77.9. The molecule has 1 aromatic carbocycles. The van der Waals surface area contributed by atoms with Crippen LogP contribution in [-0.4, -0.2) is 59.8 Å². The minimum atomic E-state index is -4.69. The molecule has 17 heteroatoms. The summed E-state index contributed by atoms with van der Waals surface area (Å²) in [7, 11) is 0. The minimum Gasteiger partial charge on any atom is -0.478 e. The summed E-state index contributed by atoms with van der Waals surface area (Å²) in [6, 6.07) is 10.2. The number of pyridine rings is 2. The van der Waals surface area contributed by atoms with Gasteiger partial charge in [0.15, 0.2) is 5.82 Å². The van der Waals surface area contributed by atoms with Gasteiger partial charge in [0, 0.05) is 18.8 Å². The number of aliphatic hydroxyl groups is 1. The van der Waals surface area contributed by atoms with E-state index in [1.807, 2.05) is 0 Å². The van der Waals surface area contributed by atoms with Gasteiger partial charge >= 0.3 is 24.3 Å². The second kappa shape index (κ2) is 14.0. The van der Waals surface area contributed by atoms with Gasteiger partial charge in [-0.3, -0.25) is 0 Å². The Balaban J connectivity index is 0.000000355. The Morgan fingerprint density at radius 2 is 1.42 bits per heavy atom. The topological polar surface area (TPSA) is 170 Å². The van der Waals surface area contributed by atoms with Crippen molar-refractivity contribution < 1.29 is 51.3 Å². The first-order chi connectivity index (χ1) is 21.0. The summed E-state index contributed by atoms with van der Waals surface area (Å²) in [6.45, 7) is 3.02. The first kappa shape index (κ1) is 34.2. The van der Waals surface area contributed by atoms with Gasteiger partial charge in [0.05, 0.1) is 22.8 Å². The average molecular weight is 639 g/mol. The molecule has 1 atom stereocenters. The van der Waals surface area contributed by atoms with Crippen molar-refractivity contribution in [2.75, 3.05) is 17.2 Å². The molecule has 0 fully saturated rings. The number of aromatic nitrogens is 4. The molecule has 3 heterocycles. The Morgan fingerprint density at radius 3 is 1.98 bits per heavy atom. The van der Waals surface area contributed by atoms with Crippen LogP contribution in [0.2, 0.25) is 0 Å². The lowest BCUT2D eigenvalue weighted by atomic mass is 10.0. The maximum Gasteiger partial charge on any atom is 0.433 e. The second-order valence-electron chi connectivity index (χ2n) is 9.24. The fraction of sp³-hybridized carbons (Fsp3) is 0.214. The Bertz CT molecular complexity index is 1650. The molecule has 11 nitrogen and oxygen atoms in total. The molecule has 4 rings (SSSR count). The molecule has 4 aromatic rings. The number of carboxylic acids is 2. The molecule has 1 unspecified atom stereocenters. The van der Waals surface area contributed by atoms with Crippen molar-refractivity contribution in [3.05, 3.63) is 88.7 Å². The number of carbonyl (C=O) groups is 2. The smallest absolute Gasteiger partial charge is 0.433 e. The molecule has 238 valence electrons. The third-order valence-electron chi connectivity index (χ3n) is 5.71. The summed E-state index contributed by atoms with van der Waals surface area (Å²) in [5.74, 6) is -2.58. The quantitative estimate of drug-likeness (QED) is 0.146. The highest BCUT2D eigenvalue weighted by Gasteiger charge is 2.33. The Morgan fingerprint density at radius 1 is 0.822 bits per heavy atom. The lowest BCUT2D eigenvalue weighted by Gasteiger charge is -2.13. The molecule has 3 aromatic heterocycles. The average Bonchev–Trinajstić information content (AvgIpc) is 2.95. The van der Waals surface area contributed by atoms with E-state index >= 15 is 0 Å². The standard InChI is InChI=1S/C19H16F6N6O.C9H8O4/c1-10(32)9-27-15-8-16(29-14-7-11(5-6-26-14)18(20,21)22)31-17(30-15)12-3-2-4-13(28-12)19(23,24)25;1-5-6(8(10)11)3-2-4-7(5)9(12)13/h2-8,10,32H,9H2,1H3,(H2,26,27,29,30,31);2-4H,1H3,(H,10,11)(H,12,13). The molecule has 45 heavy (non-hydrogen) atoms. The minimum absolute atomic E-state index is 0.0277. The maximum atomic E-state index is 13.0. The zero-order valence-electron chi connectivity index (χ0n) is 23.3. The van der Waals surface area contributed by atoms with Crippen molar-refractivity contribution in [2.24, 2.45) is 0 Å². The van der Waals surface area contributed by atoms with Gasteiger partial charge in [0.1, 0.15) is 28.8 Å². The largest absolute Gasteiger partial charge is 0.478 e. The summed E-state index contributed by atoms with van der Waals surface area (Å²) in [5, 5.41) is 32.2. The highest BCUT2D eigenvalue weighted by Crippen LogP contribution is 2.32. The van der Waals surface area contributed by atoms with Gasteiger partial charge in [-0.25, -0.2) is 29.5 Å². The number of hydrogen-bond acceptors (Lipinski definition) is 9. The maximum absolute atomic E-state index is 13.0. The van der Waals surface area contributed by atoms with E-state index in [4.69, 9.17) is 10.2 Å². The Hall–Kier alpha value is -5.32. The van der Waals surface area contributed by atoms with Crippen LogP contribution < -0.4 is 10.6 Å². The Kier molecular flexibility index (Phi) is 10.6. The molecular formula is C28H24F6N6O5. The van der Waals surface area contributed by atoms with Crippen LogP contribution in [0.15, 0.2) is 60.8 Å². The van der Waals surface area contributed by atoms with Crippen molar-refractivity contribution in [1.82, 2.24) is 19.9 Å². The van der Waals surface area contributed by atoms with Gasteiger partial charge in [0.2, 0.25) is 0 Å². The van der Waals surface area contributed by atoms with Crippen molar-refractivity contribution in [3.63, 3.8) is 0 Å². The van der Waals surface area contributed by atoms with Gasteiger partial charge in [-0.15, -0.1) is 0 Å². The van der Waals surface area contributed by atoms with Crippen LogP contribution in [-0.2, 0) is 12.4 Å². The summed E-state index contributed by atoms with van der Waals surface area (Å²) in [4.78, 5) is 36.7. The van der Waals surface area contributed by atoms with Crippen molar-refractivity contribution in [1.29, 1.82) is 0 Å². The molecule has 0 aliphatic carbocycles. The second-order valence-corrected chi connectivity index (χ2v) is 9.24. The van der Waals surface area contributed by atoms with E-state index in [0.29, 0.717) is 0 Å². The van der Waals surface area contributed by atoms with E-state index in [2.05, 4.69) is 30.6 Å². The van der Waals surface area contributed by atoms with Gasteiger partial charge in [-0.05, 0) is 55.8 Å². The Labute approximate surface area is 250 Å². The van der Waals surface area contributed by atoms with E-state index in [1.165, 1.54) is 44.2 Å². The van der Waals surface area contributed by atoms with Crippen LogP contribution in [0.4, 0.5) is 43.8 Å². The van der Waals surface area contributed by atoms with Crippen LogP contribution in [0.3, 0.4) is 0 Å². The SMILES string of the molecule is CC(O)CNc1cc(Nc2cc(C(F)(F)F)ccn2)nc(-c2cccc(C(F)(F)F)n2)n1.Cc1c(C(=O)O)cccc1C(=O)O. The van der Waals surface area contributed by atoms with Crippen molar-refractivity contribution in [3.8, 4) is 11.5 Å². The number of nitrogens with zero attached hydrogens (tertiary/aromatic N) is 4. The number of halogens is 6. The van der Waals surface area contributed by atoms with Gasteiger partial charge in [0.25, 0.3) is 0 Å². The van der Waals surface area contributed by atoms with Gasteiger partial charge < -0.3 is 26.0 Å².